The lowest BCUT2D eigenvalue weighted by atomic mass is 10.1. The number of hydrogen-bond donors (Lipinski definition) is 1. The van der Waals surface area contributed by atoms with E-state index in [1.54, 1.807) is 12.1 Å². The molecule has 0 spiro atoms. The number of benzene rings is 1. The molecular formula is C18H27F2N3O3. The SMILES string of the molecule is CCNC(=NCc1ccc(OC)c(OC(F)F)c1)N(C)CC1CCOC1. The fraction of sp³-hybridized carbons (Fsp3) is 0.611. The zero-order chi connectivity index (χ0) is 18.9. The Hall–Kier alpha value is -2.09. The summed E-state index contributed by atoms with van der Waals surface area (Å²) < 4.78 is 40.1. The molecule has 1 saturated heterocycles. The molecule has 0 aliphatic carbocycles. The molecule has 146 valence electrons. The first-order valence-electron chi connectivity index (χ1n) is 8.72. The van der Waals surface area contributed by atoms with E-state index in [0.717, 1.165) is 44.2 Å². The van der Waals surface area contributed by atoms with Crippen molar-refractivity contribution in [3.8, 4) is 11.5 Å². The van der Waals surface area contributed by atoms with Crippen molar-refractivity contribution in [1.29, 1.82) is 0 Å². The number of nitrogens with one attached hydrogen (secondary N) is 1. The van der Waals surface area contributed by atoms with Gasteiger partial charge in [-0.15, -0.1) is 0 Å². The third kappa shape index (κ3) is 6.01. The van der Waals surface area contributed by atoms with Gasteiger partial charge in [0, 0.05) is 32.7 Å². The van der Waals surface area contributed by atoms with Crippen LogP contribution >= 0.6 is 0 Å². The smallest absolute Gasteiger partial charge is 0.387 e. The molecule has 1 aromatic carbocycles. The van der Waals surface area contributed by atoms with Crippen LogP contribution in [0.15, 0.2) is 23.2 Å². The molecule has 0 amide bonds. The highest BCUT2D eigenvalue weighted by Gasteiger charge is 2.19. The van der Waals surface area contributed by atoms with Crippen molar-refractivity contribution >= 4 is 5.96 Å². The molecule has 1 aliphatic rings. The number of alkyl halides is 2. The lowest BCUT2D eigenvalue weighted by Crippen LogP contribution is -2.41. The number of hydrogen-bond acceptors (Lipinski definition) is 4. The van der Waals surface area contributed by atoms with Crippen LogP contribution in [0.4, 0.5) is 8.78 Å². The topological polar surface area (TPSA) is 55.3 Å². The van der Waals surface area contributed by atoms with Gasteiger partial charge in [0.25, 0.3) is 0 Å². The molecule has 1 N–H and O–H groups in total. The Labute approximate surface area is 153 Å². The van der Waals surface area contributed by atoms with Crippen LogP contribution in [-0.4, -0.2) is 57.9 Å². The number of ether oxygens (including phenoxy) is 3. The van der Waals surface area contributed by atoms with Crippen molar-refractivity contribution in [1.82, 2.24) is 10.2 Å². The first kappa shape index (κ1) is 20.2. The molecule has 1 fully saturated rings. The van der Waals surface area contributed by atoms with E-state index in [1.807, 2.05) is 14.0 Å². The summed E-state index contributed by atoms with van der Waals surface area (Å²) in [7, 11) is 3.40. The first-order chi connectivity index (χ1) is 12.5. The molecule has 1 aromatic rings. The van der Waals surface area contributed by atoms with E-state index in [2.05, 4.69) is 19.9 Å². The van der Waals surface area contributed by atoms with Gasteiger partial charge in [-0.05, 0) is 31.0 Å². The molecule has 1 heterocycles. The van der Waals surface area contributed by atoms with Crippen molar-refractivity contribution in [2.75, 3.05) is 40.5 Å². The summed E-state index contributed by atoms with van der Waals surface area (Å²) in [4.78, 5) is 6.68. The maximum absolute atomic E-state index is 12.6. The maximum atomic E-state index is 12.6. The minimum atomic E-state index is -2.90. The molecule has 26 heavy (non-hydrogen) atoms. The molecule has 0 radical (unpaired) electrons. The third-order valence-corrected chi connectivity index (χ3v) is 4.11. The summed E-state index contributed by atoms with van der Waals surface area (Å²) in [6, 6.07) is 4.92. The van der Waals surface area contributed by atoms with Gasteiger partial charge in [-0.1, -0.05) is 6.07 Å². The Morgan fingerprint density at radius 1 is 1.42 bits per heavy atom. The van der Waals surface area contributed by atoms with E-state index in [0.29, 0.717) is 12.5 Å². The van der Waals surface area contributed by atoms with Gasteiger partial charge in [-0.3, -0.25) is 0 Å². The van der Waals surface area contributed by atoms with Gasteiger partial charge in [0.1, 0.15) is 0 Å². The van der Waals surface area contributed by atoms with Crippen LogP contribution in [0.5, 0.6) is 11.5 Å². The number of halogens is 2. The molecule has 0 bridgehead atoms. The predicted octanol–water partition coefficient (Wildman–Crippen LogP) is 2.73. The average Bonchev–Trinajstić information content (AvgIpc) is 3.11. The number of rotatable bonds is 8. The summed E-state index contributed by atoms with van der Waals surface area (Å²) in [6.07, 6.45) is 1.05. The molecule has 0 saturated carbocycles. The fourth-order valence-corrected chi connectivity index (χ4v) is 2.84. The Kier molecular flexibility index (Phi) is 7.90. The standard InChI is InChI=1S/C18H27F2N3O3/c1-4-21-18(23(2)11-14-7-8-25-12-14)22-10-13-5-6-15(24-3)16(9-13)26-17(19)20/h5-6,9,14,17H,4,7-8,10-12H2,1-3H3,(H,21,22). The second-order valence-corrected chi connectivity index (χ2v) is 6.14. The van der Waals surface area contributed by atoms with Crippen molar-refractivity contribution in [3.63, 3.8) is 0 Å². The van der Waals surface area contributed by atoms with Crippen LogP contribution < -0.4 is 14.8 Å². The van der Waals surface area contributed by atoms with Crippen LogP contribution in [-0.2, 0) is 11.3 Å². The van der Waals surface area contributed by atoms with E-state index in [1.165, 1.54) is 13.2 Å². The van der Waals surface area contributed by atoms with Crippen LogP contribution in [0, 0.1) is 5.92 Å². The summed E-state index contributed by atoms with van der Waals surface area (Å²) in [5, 5.41) is 3.26. The highest BCUT2D eigenvalue weighted by molar-refractivity contribution is 5.79. The normalized spacial score (nSPS) is 17.5. The highest BCUT2D eigenvalue weighted by atomic mass is 19.3. The Balaban J connectivity index is 2.07. The molecule has 8 heteroatoms. The van der Waals surface area contributed by atoms with Crippen molar-refractivity contribution < 1.29 is 23.0 Å². The van der Waals surface area contributed by atoms with E-state index in [4.69, 9.17) is 9.47 Å². The van der Waals surface area contributed by atoms with Gasteiger partial charge in [0.2, 0.25) is 0 Å². The van der Waals surface area contributed by atoms with E-state index in [-0.39, 0.29) is 11.5 Å². The number of nitrogens with zero attached hydrogens (tertiary/aromatic N) is 2. The summed E-state index contributed by atoms with van der Waals surface area (Å²) in [6.45, 7) is 2.63. The summed E-state index contributed by atoms with van der Waals surface area (Å²) in [5.74, 6) is 1.54. The van der Waals surface area contributed by atoms with Crippen molar-refractivity contribution in [3.05, 3.63) is 23.8 Å². The van der Waals surface area contributed by atoms with Crippen LogP contribution in [0.2, 0.25) is 0 Å². The van der Waals surface area contributed by atoms with Gasteiger partial charge >= 0.3 is 6.61 Å². The van der Waals surface area contributed by atoms with Gasteiger partial charge < -0.3 is 24.4 Å². The zero-order valence-electron chi connectivity index (χ0n) is 15.5. The largest absolute Gasteiger partial charge is 0.493 e. The second kappa shape index (κ2) is 10.2. The van der Waals surface area contributed by atoms with Crippen LogP contribution in [0.1, 0.15) is 18.9 Å². The monoisotopic (exact) mass is 371 g/mol. The Morgan fingerprint density at radius 3 is 2.85 bits per heavy atom. The second-order valence-electron chi connectivity index (χ2n) is 6.14. The fourth-order valence-electron chi connectivity index (χ4n) is 2.84. The summed E-state index contributed by atoms with van der Waals surface area (Å²) in [5.41, 5.74) is 0.759. The minimum Gasteiger partial charge on any atom is -0.493 e. The number of guanidine groups is 1. The molecule has 1 unspecified atom stereocenters. The maximum Gasteiger partial charge on any atom is 0.387 e. The Morgan fingerprint density at radius 2 is 2.23 bits per heavy atom. The number of methoxy groups -OCH3 is 1. The van der Waals surface area contributed by atoms with E-state index in [9.17, 15) is 8.78 Å². The van der Waals surface area contributed by atoms with Crippen LogP contribution in [0.25, 0.3) is 0 Å². The molecule has 2 rings (SSSR count). The van der Waals surface area contributed by atoms with Crippen molar-refractivity contribution in [2.45, 2.75) is 26.5 Å². The molecular weight excluding hydrogens is 344 g/mol. The lowest BCUT2D eigenvalue weighted by molar-refractivity contribution is -0.0512. The highest BCUT2D eigenvalue weighted by Crippen LogP contribution is 2.29. The predicted molar refractivity (Wildman–Crippen MR) is 96.0 cm³/mol. The molecule has 6 nitrogen and oxygen atoms in total. The molecule has 1 aliphatic heterocycles. The van der Waals surface area contributed by atoms with Crippen LogP contribution in [0.3, 0.4) is 0 Å². The Bertz CT molecular complexity index is 593. The van der Waals surface area contributed by atoms with Gasteiger partial charge in [-0.2, -0.15) is 8.78 Å². The average molecular weight is 371 g/mol. The van der Waals surface area contributed by atoms with Gasteiger partial charge in [0.15, 0.2) is 17.5 Å². The lowest BCUT2D eigenvalue weighted by Gasteiger charge is -2.24. The van der Waals surface area contributed by atoms with Crippen molar-refractivity contribution in [2.24, 2.45) is 10.9 Å². The zero-order valence-corrected chi connectivity index (χ0v) is 15.5. The summed E-state index contributed by atoms with van der Waals surface area (Å²) >= 11 is 0. The van der Waals surface area contributed by atoms with E-state index < -0.39 is 6.61 Å². The van der Waals surface area contributed by atoms with E-state index >= 15 is 0 Å². The van der Waals surface area contributed by atoms with Gasteiger partial charge in [-0.25, -0.2) is 4.99 Å². The first-order valence-corrected chi connectivity index (χ1v) is 8.72. The quantitative estimate of drug-likeness (QED) is 0.563. The molecule has 0 aromatic heterocycles. The van der Waals surface area contributed by atoms with Gasteiger partial charge in [0.05, 0.1) is 20.3 Å². The molecule has 1 atom stereocenters. The number of aliphatic imine (C=N–C) groups is 1. The third-order valence-electron chi connectivity index (χ3n) is 4.11. The minimum absolute atomic E-state index is 0.0108.